The van der Waals surface area contributed by atoms with Gasteiger partial charge in [-0.15, -0.1) is 11.3 Å². The number of nitrogens with one attached hydrogen (secondary N) is 1. The van der Waals surface area contributed by atoms with E-state index >= 15 is 0 Å². The number of thiophene rings is 1. The van der Waals surface area contributed by atoms with Crippen LogP contribution in [0, 0.1) is 5.92 Å². The molecule has 2 aromatic rings. The summed E-state index contributed by atoms with van der Waals surface area (Å²) in [6, 6.07) is 13.4. The molecular formula is C17H23NS. The zero-order chi connectivity index (χ0) is 13.7. The van der Waals surface area contributed by atoms with Crippen LogP contribution < -0.4 is 5.32 Å². The summed E-state index contributed by atoms with van der Waals surface area (Å²) in [6.45, 7) is 7.75. The predicted molar refractivity (Wildman–Crippen MR) is 84.6 cm³/mol. The fraction of sp³-hybridized carbons (Fsp3) is 0.412. The van der Waals surface area contributed by atoms with Gasteiger partial charge in [0.25, 0.3) is 0 Å². The molecule has 0 bridgehead atoms. The maximum atomic E-state index is 3.72. The second-order valence-electron chi connectivity index (χ2n) is 5.24. The van der Waals surface area contributed by atoms with Crippen LogP contribution in [-0.4, -0.2) is 0 Å². The summed E-state index contributed by atoms with van der Waals surface area (Å²) in [5.41, 5.74) is 2.86. The standard InChI is InChI=1S/C17H23NS/c1-4-14-10-11-19-16(14)12-18-17(13(2)3)15-8-6-5-7-9-15/h5-11,13,17-18H,4,12H2,1-3H3. The maximum Gasteiger partial charge on any atom is 0.0346 e. The average molecular weight is 273 g/mol. The summed E-state index contributed by atoms with van der Waals surface area (Å²) < 4.78 is 0. The van der Waals surface area contributed by atoms with E-state index in [2.05, 4.69) is 67.9 Å². The van der Waals surface area contributed by atoms with Crippen LogP contribution in [0.1, 0.15) is 42.8 Å². The molecule has 0 aliphatic carbocycles. The minimum absolute atomic E-state index is 0.424. The molecule has 1 heterocycles. The molecule has 1 N–H and O–H groups in total. The first kappa shape index (κ1) is 14.3. The third kappa shape index (κ3) is 3.68. The molecule has 1 atom stereocenters. The summed E-state index contributed by atoms with van der Waals surface area (Å²) in [7, 11) is 0. The molecule has 0 fully saturated rings. The van der Waals surface area contributed by atoms with Crippen molar-refractivity contribution in [1.29, 1.82) is 0 Å². The third-order valence-corrected chi connectivity index (χ3v) is 4.49. The number of aryl methyl sites for hydroxylation is 1. The van der Waals surface area contributed by atoms with E-state index in [1.54, 1.807) is 0 Å². The predicted octanol–water partition coefficient (Wildman–Crippen LogP) is 4.80. The lowest BCUT2D eigenvalue weighted by Gasteiger charge is -2.23. The van der Waals surface area contributed by atoms with Crippen molar-refractivity contribution < 1.29 is 0 Å². The third-order valence-electron chi connectivity index (χ3n) is 3.53. The Balaban J connectivity index is 2.06. The molecule has 0 amide bonds. The number of hydrogen-bond acceptors (Lipinski definition) is 2. The Hall–Kier alpha value is -1.12. The molecule has 0 saturated heterocycles. The number of rotatable bonds is 6. The largest absolute Gasteiger partial charge is 0.305 e. The Morgan fingerprint density at radius 2 is 1.84 bits per heavy atom. The summed E-state index contributed by atoms with van der Waals surface area (Å²) in [5.74, 6) is 0.590. The molecule has 1 unspecified atom stereocenters. The summed E-state index contributed by atoms with van der Waals surface area (Å²) in [5, 5.41) is 5.92. The second kappa shape index (κ2) is 6.88. The Kier molecular flexibility index (Phi) is 5.17. The van der Waals surface area contributed by atoms with Crippen molar-refractivity contribution in [3.63, 3.8) is 0 Å². The van der Waals surface area contributed by atoms with E-state index < -0.39 is 0 Å². The van der Waals surface area contributed by atoms with Crippen LogP contribution in [0.15, 0.2) is 41.8 Å². The van der Waals surface area contributed by atoms with Gasteiger partial charge in [-0.1, -0.05) is 51.1 Å². The van der Waals surface area contributed by atoms with Crippen LogP contribution in [-0.2, 0) is 13.0 Å². The zero-order valence-electron chi connectivity index (χ0n) is 12.0. The quantitative estimate of drug-likeness (QED) is 0.797. The summed E-state index contributed by atoms with van der Waals surface area (Å²) in [6.07, 6.45) is 1.12. The van der Waals surface area contributed by atoms with Crippen molar-refractivity contribution in [2.75, 3.05) is 0 Å². The van der Waals surface area contributed by atoms with Crippen LogP contribution in [0.5, 0.6) is 0 Å². The molecule has 19 heavy (non-hydrogen) atoms. The van der Waals surface area contributed by atoms with Crippen LogP contribution in [0.25, 0.3) is 0 Å². The van der Waals surface area contributed by atoms with E-state index in [0.717, 1.165) is 13.0 Å². The van der Waals surface area contributed by atoms with E-state index in [-0.39, 0.29) is 0 Å². The number of benzene rings is 1. The van der Waals surface area contributed by atoms with Crippen molar-refractivity contribution in [3.8, 4) is 0 Å². The molecule has 1 nitrogen and oxygen atoms in total. The molecule has 0 saturated carbocycles. The Morgan fingerprint density at radius 3 is 2.47 bits per heavy atom. The Bertz CT molecular complexity index is 487. The van der Waals surface area contributed by atoms with Gasteiger partial charge in [-0.3, -0.25) is 0 Å². The van der Waals surface area contributed by atoms with E-state index in [1.165, 1.54) is 16.0 Å². The average Bonchev–Trinajstić information content (AvgIpc) is 2.87. The van der Waals surface area contributed by atoms with E-state index in [4.69, 9.17) is 0 Å². The van der Waals surface area contributed by atoms with Crippen molar-refractivity contribution >= 4 is 11.3 Å². The van der Waals surface area contributed by atoms with Gasteiger partial charge in [-0.25, -0.2) is 0 Å². The summed E-state index contributed by atoms with van der Waals surface area (Å²) in [4.78, 5) is 1.48. The van der Waals surface area contributed by atoms with Crippen LogP contribution in [0.4, 0.5) is 0 Å². The normalized spacial score (nSPS) is 12.8. The van der Waals surface area contributed by atoms with Crippen LogP contribution >= 0.6 is 11.3 Å². The van der Waals surface area contributed by atoms with E-state index in [0.29, 0.717) is 12.0 Å². The molecule has 102 valence electrons. The van der Waals surface area contributed by atoms with Gasteiger partial charge in [0.05, 0.1) is 0 Å². The minimum atomic E-state index is 0.424. The first-order valence-corrected chi connectivity index (χ1v) is 7.94. The van der Waals surface area contributed by atoms with Crippen molar-refractivity contribution in [2.45, 2.75) is 39.8 Å². The van der Waals surface area contributed by atoms with E-state index in [1.807, 2.05) is 11.3 Å². The van der Waals surface area contributed by atoms with Crippen LogP contribution in [0.2, 0.25) is 0 Å². The molecule has 0 aliphatic heterocycles. The first-order valence-electron chi connectivity index (χ1n) is 7.06. The highest BCUT2D eigenvalue weighted by Gasteiger charge is 2.15. The molecule has 2 heteroatoms. The lowest BCUT2D eigenvalue weighted by atomic mass is 9.96. The van der Waals surface area contributed by atoms with E-state index in [9.17, 15) is 0 Å². The highest BCUT2D eigenvalue weighted by molar-refractivity contribution is 7.10. The first-order chi connectivity index (χ1) is 9.22. The Morgan fingerprint density at radius 1 is 1.11 bits per heavy atom. The summed E-state index contributed by atoms with van der Waals surface area (Å²) >= 11 is 1.86. The fourth-order valence-corrected chi connectivity index (χ4v) is 3.37. The molecule has 1 aromatic carbocycles. The van der Waals surface area contributed by atoms with Crippen molar-refractivity contribution in [3.05, 3.63) is 57.8 Å². The SMILES string of the molecule is CCc1ccsc1CNC(c1ccccc1)C(C)C. The molecular weight excluding hydrogens is 250 g/mol. The van der Waals surface area contributed by atoms with Gasteiger partial charge in [-0.05, 0) is 34.9 Å². The molecule has 0 spiro atoms. The molecule has 0 aliphatic rings. The monoisotopic (exact) mass is 273 g/mol. The van der Waals surface area contributed by atoms with Crippen LogP contribution in [0.3, 0.4) is 0 Å². The van der Waals surface area contributed by atoms with Gasteiger partial charge < -0.3 is 5.32 Å². The molecule has 0 radical (unpaired) electrons. The smallest absolute Gasteiger partial charge is 0.0346 e. The topological polar surface area (TPSA) is 12.0 Å². The second-order valence-corrected chi connectivity index (χ2v) is 6.24. The van der Waals surface area contributed by atoms with Gasteiger partial charge in [0.15, 0.2) is 0 Å². The van der Waals surface area contributed by atoms with Gasteiger partial charge in [-0.2, -0.15) is 0 Å². The highest BCUT2D eigenvalue weighted by atomic mass is 32.1. The molecule has 2 rings (SSSR count). The van der Waals surface area contributed by atoms with Gasteiger partial charge in [0, 0.05) is 17.5 Å². The minimum Gasteiger partial charge on any atom is -0.305 e. The van der Waals surface area contributed by atoms with Gasteiger partial charge in [0.2, 0.25) is 0 Å². The Labute approximate surface area is 120 Å². The lowest BCUT2D eigenvalue weighted by molar-refractivity contribution is 0.411. The molecule has 1 aromatic heterocycles. The highest BCUT2D eigenvalue weighted by Crippen LogP contribution is 2.24. The lowest BCUT2D eigenvalue weighted by Crippen LogP contribution is -2.25. The number of hydrogen-bond donors (Lipinski definition) is 1. The maximum absolute atomic E-state index is 3.72. The van der Waals surface area contributed by atoms with Gasteiger partial charge >= 0.3 is 0 Å². The van der Waals surface area contributed by atoms with Gasteiger partial charge in [0.1, 0.15) is 0 Å². The fourth-order valence-electron chi connectivity index (χ4n) is 2.44. The zero-order valence-corrected chi connectivity index (χ0v) is 12.8. The van der Waals surface area contributed by atoms with Crippen molar-refractivity contribution in [1.82, 2.24) is 5.32 Å². The van der Waals surface area contributed by atoms with Crippen molar-refractivity contribution in [2.24, 2.45) is 5.92 Å².